The molecule has 3 rings (SSSR count). The maximum Gasteiger partial charge on any atom is 0.106 e. The van der Waals surface area contributed by atoms with Crippen LogP contribution in [-0.2, 0) is 0 Å². The van der Waals surface area contributed by atoms with Crippen LogP contribution >= 0.6 is 0 Å². The van der Waals surface area contributed by atoms with E-state index in [1.165, 1.54) is 0 Å². The Hall–Kier alpha value is -2.33. The van der Waals surface area contributed by atoms with Crippen molar-refractivity contribution in [3.63, 3.8) is 0 Å². The molecule has 20 heavy (non-hydrogen) atoms. The zero-order valence-corrected chi connectivity index (χ0v) is 11.6. The molecule has 2 N–H and O–H groups in total. The molecule has 1 atom stereocenters. The van der Waals surface area contributed by atoms with Gasteiger partial charge in [-0.2, -0.15) is 5.10 Å². The molecule has 0 bridgehead atoms. The van der Waals surface area contributed by atoms with Gasteiger partial charge in [0.25, 0.3) is 0 Å². The predicted octanol–water partition coefficient (Wildman–Crippen LogP) is 3.13. The van der Waals surface area contributed by atoms with Crippen LogP contribution in [0.1, 0.15) is 28.7 Å². The topological polar surface area (TPSA) is 57.0 Å². The highest BCUT2D eigenvalue weighted by Crippen LogP contribution is 2.25. The summed E-state index contributed by atoms with van der Waals surface area (Å²) in [7, 11) is 0. The van der Waals surface area contributed by atoms with Gasteiger partial charge in [0.05, 0.1) is 17.9 Å². The largest absolute Gasteiger partial charge is 0.466 e. The van der Waals surface area contributed by atoms with Gasteiger partial charge in [0, 0.05) is 17.3 Å². The molecule has 0 fully saturated rings. The molecule has 0 aliphatic carbocycles. The summed E-state index contributed by atoms with van der Waals surface area (Å²) in [5, 5.41) is 4.38. The van der Waals surface area contributed by atoms with Crippen LogP contribution in [-0.4, -0.2) is 9.78 Å². The van der Waals surface area contributed by atoms with Crippen molar-refractivity contribution < 1.29 is 4.42 Å². The average Bonchev–Trinajstić information content (AvgIpc) is 3.06. The van der Waals surface area contributed by atoms with Gasteiger partial charge in [0.1, 0.15) is 11.5 Å². The van der Waals surface area contributed by atoms with Crippen LogP contribution in [0.2, 0.25) is 0 Å². The molecule has 0 spiro atoms. The van der Waals surface area contributed by atoms with Crippen LogP contribution in [0, 0.1) is 13.8 Å². The van der Waals surface area contributed by atoms with Crippen LogP contribution in [0.5, 0.6) is 0 Å². The number of nitrogens with zero attached hydrogens (tertiary/aromatic N) is 2. The van der Waals surface area contributed by atoms with Gasteiger partial charge in [-0.1, -0.05) is 18.2 Å². The molecular weight excluding hydrogens is 250 g/mol. The van der Waals surface area contributed by atoms with Crippen molar-refractivity contribution in [1.29, 1.82) is 0 Å². The quantitative estimate of drug-likeness (QED) is 0.793. The van der Waals surface area contributed by atoms with E-state index in [4.69, 9.17) is 10.2 Å². The standard InChI is InChI=1S/C16H17N3O/c1-11-8-15(12(2)20-11)16(17)13-9-18-19(10-13)14-6-4-3-5-7-14/h3-10,16H,17H2,1-2H3. The van der Waals surface area contributed by atoms with Gasteiger partial charge < -0.3 is 10.2 Å². The van der Waals surface area contributed by atoms with E-state index in [1.807, 2.05) is 61.1 Å². The second-order valence-corrected chi connectivity index (χ2v) is 4.90. The molecule has 3 aromatic rings. The van der Waals surface area contributed by atoms with Crippen LogP contribution in [0.15, 0.2) is 53.2 Å². The lowest BCUT2D eigenvalue weighted by molar-refractivity contribution is 0.499. The fourth-order valence-corrected chi connectivity index (χ4v) is 2.36. The molecule has 102 valence electrons. The lowest BCUT2D eigenvalue weighted by Gasteiger charge is -2.07. The lowest BCUT2D eigenvalue weighted by Crippen LogP contribution is -2.11. The van der Waals surface area contributed by atoms with Gasteiger partial charge in [0.15, 0.2) is 0 Å². The highest BCUT2D eigenvalue weighted by Gasteiger charge is 2.16. The second-order valence-electron chi connectivity index (χ2n) is 4.90. The Bertz CT molecular complexity index is 712. The third-order valence-electron chi connectivity index (χ3n) is 3.40. The van der Waals surface area contributed by atoms with Crippen molar-refractivity contribution in [3.8, 4) is 5.69 Å². The maximum atomic E-state index is 6.31. The molecule has 0 aliphatic rings. The van der Waals surface area contributed by atoms with E-state index in [0.29, 0.717) is 0 Å². The first-order valence-corrected chi connectivity index (χ1v) is 6.57. The van der Waals surface area contributed by atoms with Crippen LogP contribution < -0.4 is 5.73 Å². The highest BCUT2D eigenvalue weighted by molar-refractivity contribution is 5.35. The van der Waals surface area contributed by atoms with Gasteiger partial charge in [-0.05, 0) is 32.0 Å². The average molecular weight is 267 g/mol. The SMILES string of the molecule is Cc1cc(C(N)c2cnn(-c3ccccc3)c2)c(C)o1. The third kappa shape index (κ3) is 2.26. The third-order valence-corrected chi connectivity index (χ3v) is 3.40. The first-order chi connectivity index (χ1) is 9.65. The Morgan fingerprint density at radius 2 is 1.95 bits per heavy atom. The molecule has 2 aromatic heterocycles. The number of para-hydroxylation sites is 1. The summed E-state index contributed by atoms with van der Waals surface area (Å²) in [6.07, 6.45) is 3.77. The minimum absolute atomic E-state index is 0.218. The molecule has 1 unspecified atom stereocenters. The van der Waals surface area contributed by atoms with Crippen LogP contribution in [0.25, 0.3) is 5.69 Å². The maximum absolute atomic E-state index is 6.31. The number of nitrogens with two attached hydrogens (primary N) is 1. The number of hydrogen-bond acceptors (Lipinski definition) is 3. The van der Waals surface area contributed by atoms with Crippen molar-refractivity contribution >= 4 is 0 Å². The molecule has 0 amide bonds. The summed E-state index contributed by atoms with van der Waals surface area (Å²) in [4.78, 5) is 0. The monoisotopic (exact) mass is 267 g/mol. The Labute approximate surface area is 117 Å². The first kappa shape index (κ1) is 12.7. The second kappa shape index (κ2) is 4.98. The van der Waals surface area contributed by atoms with E-state index in [9.17, 15) is 0 Å². The molecule has 4 nitrogen and oxygen atoms in total. The summed E-state index contributed by atoms with van der Waals surface area (Å²) < 4.78 is 7.37. The molecule has 0 aliphatic heterocycles. The summed E-state index contributed by atoms with van der Waals surface area (Å²) in [5.41, 5.74) is 9.31. The minimum Gasteiger partial charge on any atom is -0.466 e. The van der Waals surface area contributed by atoms with E-state index < -0.39 is 0 Å². The summed E-state index contributed by atoms with van der Waals surface area (Å²) in [6, 6.07) is 11.7. The van der Waals surface area contributed by atoms with E-state index in [1.54, 1.807) is 6.20 Å². The highest BCUT2D eigenvalue weighted by atomic mass is 16.3. The summed E-state index contributed by atoms with van der Waals surface area (Å²) in [5.74, 6) is 1.74. The molecule has 0 radical (unpaired) electrons. The Morgan fingerprint density at radius 3 is 2.60 bits per heavy atom. The lowest BCUT2D eigenvalue weighted by atomic mass is 10.0. The summed E-state index contributed by atoms with van der Waals surface area (Å²) in [6.45, 7) is 3.86. The molecule has 0 saturated heterocycles. The molecule has 4 heteroatoms. The van der Waals surface area contributed by atoms with Gasteiger partial charge in [0.2, 0.25) is 0 Å². The van der Waals surface area contributed by atoms with E-state index >= 15 is 0 Å². The van der Waals surface area contributed by atoms with Crippen molar-refractivity contribution in [2.24, 2.45) is 5.73 Å². The predicted molar refractivity (Wildman–Crippen MR) is 77.8 cm³/mol. The van der Waals surface area contributed by atoms with E-state index in [-0.39, 0.29) is 6.04 Å². The van der Waals surface area contributed by atoms with Crippen LogP contribution in [0.3, 0.4) is 0 Å². The Kier molecular flexibility index (Phi) is 3.16. The number of aromatic nitrogens is 2. The number of aryl methyl sites for hydroxylation is 2. The number of hydrogen-bond donors (Lipinski definition) is 1. The van der Waals surface area contributed by atoms with Gasteiger partial charge in [-0.3, -0.25) is 0 Å². The Morgan fingerprint density at radius 1 is 1.20 bits per heavy atom. The van der Waals surface area contributed by atoms with Crippen molar-refractivity contribution in [2.45, 2.75) is 19.9 Å². The fourth-order valence-electron chi connectivity index (χ4n) is 2.36. The fraction of sp³-hybridized carbons (Fsp3) is 0.188. The van der Waals surface area contributed by atoms with Crippen molar-refractivity contribution in [2.75, 3.05) is 0 Å². The normalized spacial score (nSPS) is 12.6. The van der Waals surface area contributed by atoms with Crippen molar-refractivity contribution in [3.05, 3.63) is 71.4 Å². The zero-order chi connectivity index (χ0) is 14.1. The van der Waals surface area contributed by atoms with Gasteiger partial charge in [-0.15, -0.1) is 0 Å². The van der Waals surface area contributed by atoms with Gasteiger partial charge in [-0.25, -0.2) is 4.68 Å². The van der Waals surface area contributed by atoms with Crippen molar-refractivity contribution in [1.82, 2.24) is 9.78 Å². The van der Waals surface area contributed by atoms with E-state index in [2.05, 4.69) is 5.10 Å². The Balaban J connectivity index is 1.92. The smallest absolute Gasteiger partial charge is 0.106 e. The molecular formula is C16H17N3O. The number of benzene rings is 1. The van der Waals surface area contributed by atoms with Crippen LogP contribution in [0.4, 0.5) is 0 Å². The number of rotatable bonds is 3. The molecule has 2 heterocycles. The van der Waals surface area contributed by atoms with E-state index in [0.717, 1.165) is 28.3 Å². The minimum atomic E-state index is -0.218. The molecule has 1 aromatic carbocycles. The summed E-state index contributed by atoms with van der Waals surface area (Å²) >= 11 is 0. The zero-order valence-electron chi connectivity index (χ0n) is 11.6. The number of furan rings is 1. The van der Waals surface area contributed by atoms with Gasteiger partial charge >= 0.3 is 0 Å². The molecule has 0 saturated carbocycles. The first-order valence-electron chi connectivity index (χ1n) is 6.57.